The fourth-order valence-corrected chi connectivity index (χ4v) is 3.92. The van der Waals surface area contributed by atoms with Crippen molar-refractivity contribution in [1.82, 2.24) is 10.6 Å². The summed E-state index contributed by atoms with van der Waals surface area (Å²) in [5.41, 5.74) is 3.24. The number of hydrogen-bond donors (Lipinski definition) is 2. The molecular weight excluding hydrogens is 316 g/mol. The van der Waals surface area contributed by atoms with Crippen LogP contribution >= 0.6 is 0 Å². The Labute approximate surface area is 160 Å². The third-order valence-corrected chi connectivity index (χ3v) is 4.63. The first-order valence-corrected chi connectivity index (χ1v) is 9.82. The van der Waals surface area contributed by atoms with Crippen LogP contribution < -0.4 is 10.6 Å². The third-order valence-electron chi connectivity index (χ3n) is 4.63. The second-order valence-electron chi connectivity index (χ2n) is 9.13. The van der Waals surface area contributed by atoms with E-state index in [1.54, 1.807) is 0 Å². The molecule has 0 aliphatic carbocycles. The quantitative estimate of drug-likeness (QED) is 0.605. The average molecular weight is 353 g/mol. The van der Waals surface area contributed by atoms with E-state index in [4.69, 9.17) is 0 Å². The highest BCUT2D eigenvalue weighted by Crippen LogP contribution is 2.26. The Hall–Kier alpha value is -1.64. The van der Waals surface area contributed by atoms with E-state index in [1.807, 2.05) is 0 Å². The predicted octanol–water partition coefficient (Wildman–Crippen LogP) is 5.21. The van der Waals surface area contributed by atoms with Crippen molar-refractivity contribution in [2.45, 2.75) is 52.5 Å². The summed E-state index contributed by atoms with van der Waals surface area (Å²) in [6, 6.07) is 21.6. The van der Waals surface area contributed by atoms with Gasteiger partial charge in [0.15, 0.2) is 0 Å². The summed E-state index contributed by atoms with van der Waals surface area (Å²) in [4.78, 5) is 0. The predicted molar refractivity (Wildman–Crippen MR) is 114 cm³/mol. The lowest BCUT2D eigenvalue weighted by Crippen LogP contribution is -2.45. The van der Waals surface area contributed by atoms with E-state index in [0.717, 1.165) is 26.1 Å². The van der Waals surface area contributed by atoms with Crippen LogP contribution in [0.4, 0.5) is 0 Å². The van der Waals surface area contributed by atoms with Gasteiger partial charge in [0, 0.05) is 31.1 Å². The summed E-state index contributed by atoms with van der Waals surface area (Å²) in [5.74, 6) is 0.389. The molecule has 2 N–H and O–H groups in total. The van der Waals surface area contributed by atoms with E-state index in [2.05, 4.69) is 106 Å². The van der Waals surface area contributed by atoms with Gasteiger partial charge in [-0.25, -0.2) is 0 Å². The van der Waals surface area contributed by atoms with Crippen molar-refractivity contribution >= 4 is 0 Å². The molecule has 0 aliphatic heterocycles. The summed E-state index contributed by atoms with van der Waals surface area (Å²) in [7, 11) is 0. The van der Waals surface area contributed by atoms with Crippen LogP contribution in [-0.2, 0) is 0 Å². The van der Waals surface area contributed by atoms with E-state index >= 15 is 0 Å². The van der Waals surface area contributed by atoms with Gasteiger partial charge in [-0.2, -0.15) is 0 Å². The Morgan fingerprint density at radius 3 is 1.69 bits per heavy atom. The number of rotatable bonds is 9. The van der Waals surface area contributed by atoms with Gasteiger partial charge in [0.1, 0.15) is 0 Å². The molecule has 0 saturated heterocycles. The van der Waals surface area contributed by atoms with E-state index in [-0.39, 0.29) is 5.54 Å². The molecule has 0 fully saturated rings. The molecule has 2 nitrogen and oxygen atoms in total. The van der Waals surface area contributed by atoms with Gasteiger partial charge in [-0.15, -0.1) is 0 Å². The molecule has 0 spiro atoms. The molecule has 2 aromatic carbocycles. The molecule has 0 aliphatic rings. The van der Waals surface area contributed by atoms with Crippen molar-refractivity contribution in [2.75, 3.05) is 19.6 Å². The first kappa shape index (κ1) is 20.7. The van der Waals surface area contributed by atoms with Crippen LogP contribution in [0.3, 0.4) is 0 Å². The molecule has 2 rings (SSSR count). The number of nitrogens with one attached hydrogen (secondary N) is 2. The minimum Gasteiger partial charge on any atom is -0.315 e. The Morgan fingerprint density at radius 1 is 0.731 bits per heavy atom. The lowest BCUT2D eigenvalue weighted by molar-refractivity contribution is 0.243. The van der Waals surface area contributed by atoms with E-state index < -0.39 is 0 Å². The van der Waals surface area contributed by atoms with Crippen LogP contribution in [0, 0.1) is 5.41 Å². The van der Waals surface area contributed by atoms with E-state index in [1.165, 1.54) is 11.1 Å². The second-order valence-corrected chi connectivity index (χ2v) is 9.13. The number of benzene rings is 2. The zero-order chi connectivity index (χ0) is 19.0. The topological polar surface area (TPSA) is 24.1 Å². The van der Waals surface area contributed by atoms with Crippen molar-refractivity contribution in [3.8, 4) is 0 Å². The summed E-state index contributed by atoms with van der Waals surface area (Å²) in [6.07, 6.45) is 1.16. The van der Waals surface area contributed by atoms with Crippen molar-refractivity contribution in [3.05, 3.63) is 71.8 Å². The van der Waals surface area contributed by atoms with Crippen molar-refractivity contribution in [3.63, 3.8) is 0 Å². The lowest BCUT2D eigenvalue weighted by Gasteiger charge is -2.33. The van der Waals surface area contributed by atoms with Gasteiger partial charge in [-0.05, 0) is 36.8 Å². The first-order chi connectivity index (χ1) is 12.3. The highest BCUT2D eigenvalue weighted by atomic mass is 15.0. The Bertz CT molecular complexity index is 587. The highest BCUT2D eigenvalue weighted by molar-refractivity contribution is 5.32. The lowest BCUT2D eigenvalue weighted by atomic mass is 9.82. The van der Waals surface area contributed by atoms with Gasteiger partial charge in [0.05, 0.1) is 0 Å². The molecule has 2 heteroatoms. The third kappa shape index (κ3) is 7.31. The largest absolute Gasteiger partial charge is 0.315 e. The number of hydrogen-bond acceptors (Lipinski definition) is 2. The molecule has 26 heavy (non-hydrogen) atoms. The van der Waals surface area contributed by atoms with Crippen LogP contribution in [-0.4, -0.2) is 25.2 Å². The summed E-state index contributed by atoms with van der Waals surface area (Å²) in [5, 5.41) is 7.36. The highest BCUT2D eigenvalue weighted by Gasteiger charge is 2.24. The van der Waals surface area contributed by atoms with Gasteiger partial charge >= 0.3 is 0 Å². The van der Waals surface area contributed by atoms with Crippen LogP contribution in [0.1, 0.15) is 58.1 Å². The van der Waals surface area contributed by atoms with Crippen molar-refractivity contribution in [1.29, 1.82) is 0 Å². The first-order valence-electron chi connectivity index (χ1n) is 9.82. The normalized spacial score (nSPS) is 12.5. The molecule has 142 valence electrons. The minimum absolute atomic E-state index is 0.165. The maximum atomic E-state index is 3.71. The van der Waals surface area contributed by atoms with Crippen LogP contribution in [0.15, 0.2) is 60.7 Å². The minimum atomic E-state index is 0.165. The molecule has 0 aromatic heterocycles. The van der Waals surface area contributed by atoms with Crippen LogP contribution in [0.25, 0.3) is 0 Å². The Morgan fingerprint density at radius 2 is 1.23 bits per heavy atom. The van der Waals surface area contributed by atoms with Gasteiger partial charge in [-0.3, -0.25) is 0 Å². The average Bonchev–Trinajstić information content (AvgIpc) is 2.57. The fourth-order valence-electron chi connectivity index (χ4n) is 3.92. The molecule has 0 radical (unpaired) electrons. The molecule has 0 atom stereocenters. The van der Waals surface area contributed by atoms with Gasteiger partial charge < -0.3 is 10.6 Å². The van der Waals surface area contributed by atoms with E-state index in [9.17, 15) is 0 Å². The molecule has 0 amide bonds. The molecular formula is C24H36N2. The van der Waals surface area contributed by atoms with Crippen molar-refractivity contribution in [2.24, 2.45) is 5.41 Å². The Balaban J connectivity index is 1.87. The van der Waals surface area contributed by atoms with Crippen LogP contribution in [0.5, 0.6) is 0 Å². The summed E-state index contributed by atoms with van der Waals surface area (Å²) < 4.78 is 0. The zero-order valence-corrected chi connectivity index (χ0v) is 17.2. The maximum absolute atomic E-state index is 3.71. The maximum Gasteiger partial charge on any atom is 0.0214 e. The monoisotopic (exact) mass is 352 g/mol. The second kappa shape index (κ2) is 9.34. The van der Waals surface area contributed by atoms with Crippen molar-refractivity contribution < 1.29 is 0 Å². The molecule has 0 bridgehead atoms. The molecule has 0 saturated carbocycles. The smallest absolute Gasteiger partial charge is 0.0214 e. The Kier molecular flexibility index (Phi) is 7.43. The van der Waals surface area contributed by atoms with Crippen LogP contribution in [0.2, 0.25) is 0 Å². The molecule has 0 unspecified atom stereocenters. The van der Waals surface area contributed by atoms with Gasteiger partial charge in [0.25, 0.3) is 0 Å². The zero-order valence-electron chi connectivity index (χ0n) is 17.2. The summed E-state index contributed by atoms with van der Waals surface area (Å²) >= 11 is 0. The van der Waals surface area contributed by atoms with Gasteiger partial charge in [-0.1, -0.05) is 81.4 Å². The molecule has 0 heterocycles. The fraction of sp³-hybridized carbons (Fsp3) is 0.500. The molecule has 2 aromatic rings. The van der Waals surface area contributed by atoms with Gasteiger partial charge in [0.2, 0.25) is 0 Å². The summed E-state index contributed by atoms with van der Waals surface area (Å²) in [6.45, 7) is 14.4. The van der Waals surface area contributed by atoms with E-state index in [0.29, 0.717) is 11.3 Å². The standard InChI is InChI=1S/C24H36N2/c1-23(2,3)19-24(4,5)26-17-16-25-18-22(20-12-8-6-9-13-20)21-14-10-7-11-15-21/h6-15,22,25-26H,16-19H2,1-5H3. The SMILES string of the molecule is CC(C)(C)CC(C)(C)NCCNCC(c1ccccc1)c1ccccc1.